The van der Waals surface area contributed by atoms with Crippen LogP contribution in [0, 0.1) is 5.82 Å². The number of anilines is 2. The Balaban J connectivity index is 1.66. The van der Waals surface area contributed by atoms with Crippen LogP contribution in [0.5, 0.6) is 0 Å². The zero-order valence-corrected chi connectivity index (χ0v) is 13.7. The van der Waals surface area contributed by atoms with E-state index < -0.39 is 0 Å². The van der Waals surface area contributed by atoms with E-state index in [1.54, 1.807) is 18.3 Å². The Morgan fingerprint density at radius 1 is 1.12 bits per heavy atom. The van der Waals surface area contributed by atoms with Crippen LogP contribution >= 0.6 is 0 Å². The molecular weight excluding hydrogens is 307 g/mol. The maximum Gasteiger partial charge on any atom is 0.214 e. The van der Waals surface area contributed by atoms with Crippen LogP contribution in [-0.2, 0) is 11.3 Å². The van der Waals surface area contributed by atoms with Gasteiger partial charge in [0.25, 0.3) is 0 Å². The third-order valence-electron chi connectivity index (χ3n) is 4.27. The predicted octanol–water partition coefficient (Wildman–Crippen LogP) is 2.14. The van der Waals surface area contributed by atoms with E-state index in [4.69, 9.17) is 0 Å². The molecule has 1 aromatic carbocycles. The van der Waals surface area contributed by atoms with Gasteiger partial charge in [-0.1, -0.05) is 6.07 Å². The lowest BCUT2D eigenvalue weighted by Crippen LogP contribution is -2.44. The first-order valence-corrected chi connectivity index (χ1v) is 8.01. The second-order valence-electron chi connectivity index (χ2n) is 6.02. The number of nitrogens with zero attached hydrogens (tertiary/aromatic N) is 4. The van der Waals surface area contributed by atoms with E-state index in [-0.39, 0.29) is 5.82 Å². The number of hydrogen-bond donors (Lipinski definition) is 0. The zero-order valence-electron chi connectivity index (χ0n) is 13.7. The molecule has 0 saturated carbocycles. The number of rotatable bonds is 5. The minimum Gasteiger partial charge on any atom is -0.354 e. The second kappa shape index (κ2) is 7.40. The van der Waals surface area contributed by atoms with Crippen LogP contribution in [0.2, 0.25) is 0 Å². The molecule has 1 amide bonds. The molecule has 0 atom stereocenters. The number of benzene rings is 1. The summed E-state index contributed by atoms with van der Waals surface area (Å²) in [5.74, 6) is 0.647. The maximum atomic E-state index is 13.0. The standard InChI is InChI=1S/C18H21FN4O/c1-21-8-10-22(11-9-21)18-7-2-15(12-20-18)13-23(14-24)17-5-3-16(19)4-6-17/h2-7,12,14H,8-11,13H2,1H3. The Morgan fingerprint density at radius 3 is 2.42 bits per heavy atom. The van der Waals surface area contributed by atoms with Crippen LogP contribution in [0.4, 0.5) is 15.9 Å². The summed E-state index contributed by atoms with van der Waals surface area (Å²) < 4.78 is 13.0. The van der Waals surface area contributed by atoms with E-state index in [1.807, 2.05) is 12.1 Å². The molecule has 0 spiro atoms. The van der Waals surface area contributed by atoms with Crippen molar-refractivity contribution in [3.05, 3.63) is 54.0 Å². The van der Waals surface area contributed by atoms with Gasteiger partial charge < -0.3 is 14.7 Å². The fraction of sp³-hybridized carbons (Fsp3) is 0.333. The van der Waals surface area contributed by atoms with Crippen molar-refractivity contribution in [1.29, 1.82) is 0 Å². The quantitative estimate of drug-likeness (QED) is 0.789. The van der Waals surface area contributed by atoms with Crippen LogP contribution < -0.4 is 9.80 Å². The van der Waals surface area contributed by atoms with Gasteiger partial charge in [-0.2, -0.15) is 0 Å². The van der Waals surface area contributed by atoms with Gasteiger partial charge >= 0.3 is 0 Å². The van der Waals surface area contributed by atoms with E-state index in [1.165, 1.54) is 17.0 Å². The number of pyridine rings is 1. The molecule has 1 saturated heterocycles. The zero-order chi connectivity index (χ0) is 16.9. The number of amides is 1. The normalized spacial score (nSPS) is 15.3. The van der Waals surface area contributed by atoms with Crippen LogP contribution in [0.1, 0.15) is 5.56 Å². The lowest BCUT2D eigenvalue weighted by atomic mass is 10.2. The largest absolute Gasteiger partial charge is 0.354 e. The number of halogens is 1. The molecule has 0 aliphatic carbocycles. The first-order valence-electron chi connectivity index (χ1n) is 8.01. The van der Waals surface area contributed by atoms with Gasteiger partial charge in [0.15, 0.2) is 0 Å². The second-order valence-corrected chi connectivity index (χ2v) is 6.02. The van der Waals surface area contributed by atoms with Gasteiger partial charge in [0.2, 0.25) is 6.41 Å². The summed E-state index contributed by atoms with van der Waals surface area (Å²) in [7, 11) is 2.12. The molecule has 0 N–H and O–H groups in total. The highest BCUT2D eigenvalue weighted by Crippen LogP contribution is 2.18. The van der Waals surface area contributed by atoms with Crippen molar-refractivity contribution < 1.29 is 9.18 Å². The van der Waals surface area contributed by atoms with Crippen LogP contribution in [0.3, 0.4) is 0 Å². The minimum absolute atomic E-state index is 0.317. The molecule has 5 nitrogen and oxygen atoms in total. The number of likely N-dealkylation sites (N-methyl/N-ethyl adjacent to an activating group) is 1. The van der Waals surface area contributed by atoms with E-state index >= 15 is 0 Å². The van der Waals surface area contributed by atoms with Gasteiger partial charge in [-0.3, -0.25) is 4.79 Å². The fourth-order valence-corrected chi connectivity index (χ4v) is 2.75. The molecule has 24 heavy (non-hydrogen) atoms. The number of carbonyl (C=O) groups excluding carboxylic acids is 1. The average Bonchev–Trinajstić information content (AvgIpc) is 2.62. The highest BCUT2D eigenvalue weighted by atomic mass is 19.1. The van der Waals surface area contributed by atoms with E-state index in [9.17, 15) is 9.18 Å². The van der Waals surface area contributed by atoms with Gasteiger partial charge in [-0.05, 0) is 42.9 Å². The van der Waals surface area contributed by atoms with Gasteiger partial charge in [0, 0.05) is 38.1 Å². The molecule has 0 unspecified atom stereocenters. The van der Waals surface area contributed by atoms with Crippen LogP contribution in [-0.4, -0.2) is 49.5 Å². The topological polar surface area (TPSA) is 39.7 Å². The SMILES string of the molecule is CN1CCN(c2ccc(CN(C=O)c3ccc(F)cc3)cn2)CC1. The number of hydrogen-bond acceptors (Lipinski definition) is 4. The third kappa shape index (κ3) is 3.89. The number of aromatic nitrogens is 1. The Morgan fingerprint density at radius 2 is 1.83 bits per heavy atom. The lowest BCUT2D eigenvalue weighted by molar-refractivity contribution is -0.107. The molecule has 1 aliphatic rings. The van der Waals surface area contributed by atoms with Crippen LogP contribution in [0.25, 0.3) is 0 Å². The number of piperazine rings is 1. The molecule has 0 bridgehead atoms. The van der Waals surface area contributed by atoms with E-state index in [0.29, 0.717) is 12.2 Å². The van der Waals surface area contributed by atoms with Gasteiger partial charge in [-0.25, -0.2) is 9.37 Å². The highest BCUT2D eigenvalue weighted by molar-refractivity contribution is 5.74. The van der Waals surface area contributed by atoms with Gasteiger partial charge in [0.1, 0.15) is 11.6 Å². The lowest BCUT2D eigenvalue weighted by Gasteiger charge is -2.33. The first kappa shape index (κ1) is 16.4. The molecule has 2 heterocycles. The molecule has 0 radical (unpaired) electrons. The average molecular weight is 328 g/mol. The molecule has 126 valence electrons. The fourth-order valence-electron chi connectivity index (χ4n) is 2.75. The monoisotopic (exact) mass is 328 g/mol. The molecule has 1 aliphatic heterocycles. The molecular formula is C18H21FN4O. The minimum atomic E-state index is -0.317. The molecule has 1 fully saturated rings. The summed E-state index contributed by atoms with van der Waals surface area (Å²) in [6, 6.07) is 9.86. The summed E-state index contributed by atoms with van der Waals surface area (Å²) >= 11 is 0. The smallest absolute Gasteiger partial charge is 0.214 e. The van der Waals surface area contributed by atoms with Gasteiger partial charge in [-0.15, -0.1) is 0 Å². The van der Waals surface area contributed by atoms with Crippen molar-refractivity contribution in [3.63, 3.8) is 0 Å². The third-order valence-corrected chi connectivity index (χ3v) is 4.27. The van der Waals surface area contributed by atoms with Crippen molar-refractivity contribution in [2.24, 2.45) is 0 Å². The summed E-state index contributed by atoms with van der Waals surface area (Å²) in [6.45, 7) is 4.42. The summed E-state index contributed by atoms with van der Waals surface area (Å²) in [5, 5.41) is 0. The summed E-state index contributed by atoms with van der Waals surface area (Å²) in [5.41, 5.74) is 1.60. The highest BCUT2D eigenvalue weighted by Gasteiger charge is 2.15. The van der Waals surface area contributed by atoms with Crippen molar-refractivity contribution >= 4 is 17.9 Å². The Kier molecular flexibility index (Phi) is 5.05. The molecule has 2 aromatic rings. The van der Waals surface area contributed by atoms with Crippen molar-refractivity contribution in [3.8, 4) is 0 Å². The van der Waals surface area contributed by atoms with E-state index in [2.05, 4.69) is 21.8 Å². The molecule has 6 heteroatoms. The number of carbonyl (C=O) groups is 1. The molecule has 3 rings (SSSR count). The van der Waals surface area contributed by atoms with E-state index in [0.717, 1.165) is 44.0 Å². The van der Waals surface area contributed by atoms with Crippen molar-refractivity contribution in [2.75, 3.05) is 43.0 Å². The van der Waals surface area contributed by atoms with Crippen LogP contribution in [0.15, 0.2) is 42.6 Å². The summed E-state index contributed by atoms with van der Waals surface area (Å²) in [4.78, 5) is 22.0. The summed E-state index contributed by atoms with van der Waals surface area (Å²) in [6.07, 6.45) is 2.55. The Bertz CT molecular complexity index is 666. The Hall–Kier alpha value is -2.47. The molecule has 1 aromatic heterocycles. The van der Waals surface area contributed by atoms with Crippen molar-refractivity contribution in [1.82, 2.24) is 9.88 Å². The first-order chi connectivity index (χ1) is 11.7. The Labute approximate surface area is 141 Å². The predicted molar refractivity (Wildman–Crippen MR) is 92.6 cm³/mol. The van der Waals surface area contributed by atoms with Gasteiger partial charge in [0.05, 0.1) is 6.54 Å². The van der Waals surface area contributed by atoms with Crippen molar-refractivity contribution in [2.45, 2.75) is 6.54 Å². The maximum absolute atomic E-state index is 13.0.